The van der Waals surface area contributed by atoms with Gasteiger partial charge in [0.1, 0.15) is 0 Å². The largest absolute Gasteiger partial charge is 0.396 e. The van der Waals surface area contributed by atoms with Crippen LogP contribution in [0.25, 0.3) is 0 Å². The molecule has 0 spiro atoms. The molecule has 0 fully saturated rings. The van der Waals surface area contributed by atoms with Crippen molar-refractivity contribution < 1.29 is 5.11 Å². The van der Waals surface area contributed by atoms with Gasteiger partial charge in [-0.25, -0.2) is 0 Å². The van der Waals surface area contributed by atoms with E-state index in [0.717, 1.165) is 19.4 Å². The molecule has 3 heteroatoms. The molecule has 1 atom stereocenters. The third kappa shape index (κ3) is 7.31. The first kappa shape index (κ1) is 10.4. The van der Waals surface area contributed by atoms with Crippen LogP contribution in [0.1, 0.15) is 26.2 Å². The van der Waals surface area contributed by atoms with Crippen LogP contribution in [0.2, 0.25) is 0 Å². The van der Waals surface area contributed by atoms with Crippen LogP contribution in [0, 0.1) is 11.3 Å². The van der Waals surface area contributed by atoms with Crippen LogP contribution in [0.3, 0.4) is 0 Å². The Hall–Kier alpha value is -0.590. The Morgan fingerprint density at radius 2 is 2.36 bits per heavy atom. The van der Waals surface area contributed by atoms with Gasteiger partial charge in [0, 0.05) is 19.1 Å². The summed E-state index contributed by atoms with van der Waals surface area (Å²) in [5.74, 6) is 0. The summed E-state index contributed by atoms with van der Waals surface area (Å²) in [6.45, 7) is 3.13. The predicted molar refractivity (Wildman–Crippen MR) is 44.0 cm³/mol. The highest BCUT2D eigenvalue weighted by molar-refractivity contribution is 4.69. The van der Waals surface area contributed by atoms with E-state index in [4.69, 9.17) is 10.4 Å². The molecule has 0 aromatic heterocycles. The zero-order valence-electron chi connectivity index (χ0n) is 7.01. The minimum absolute atomic E-state index is 0.229. The maximum atomic E-state index is 8.55. The second-order valence-electron chi connectivity index (χ2n) is 2.63. The summed E-state index contributed by atoms with van der Waals surface area (Å²) in [6.07, 6.45) is 2.29. The van der Waals surface area contributed by atoms with Crippen molar-refractivity contribution in [3.8, 4) is 6.07 Å². The van der Waals surface area contributed by atoms with Gasteiger partial charge in [-0.15, -0.1) is 0 Å². The zero-order chi connectivity index (χ0) is 8.53. The van der Waals surface area contributed by atoms with Gasteiger partial charge in [0.05, 0.1) is 6.07 Å². The predicted octanol–water partition coefficient (Wildman–Crippen LogP) is 0.651. The fourth-order valence-electron chi connectivity index (χ4n) is 0.812. The number of nitrogens with one attached hydrogen (secondary N) is 1. The van der Waals surface area contributed by atoms with E-state index in [1.165, 1.54) is 0 Å². The standard InChI is InChI=1S/C8H16N2O/c1-8(4-7-11)10-6-3-2-5-9/h8,10-11H,2-4,6-7H2,1H3. The molecule has 0 aliphatic heterocycles. The number of unbranched alkanes of at least 4 members (excludes halogenated alkanes) is 1. The summed E-state index contributed by atoms with van der Waals surface area (Å²) >= 11 is 0. The molecule has 11 heavy (non-hydrogen) atoms. The van der Waals surface area contributed by atoms with Crippen molar-refractivity contribution in [2.24, 2.45) is 0 Å². The molecule has 0 aromatic carbocycles. The molecule has 0 radical (unpaired) electrons. The lowest BCUT2D eigenvalue weighted by molar-refractivity contribution is 0.269. The van der Waals surface area contributed by atoms with Gasteiger partial charge in [-0.1, -0.05) is 0 Å². The van der Waals surface area contributed by atoms with E-state index in [-0.39, 0.29) is 6.61 Å². The molecule has 0 aliphatic carbocycles. The first-order valence-corrected chi connectivity index (χ1v) is 4.02. The molecular formula is C8H16N2O. The van der Waals surface area contributed by atoms with Crippen LogP contribution in [-0.4, -0.2) is 24.3 Å². The van der Waals surface area contributed by atoms with Crippen molar-refractivity contribution >= 4 is 0 Å². The third-order valence-electron chi connectivity index (χ3n) is 1.52. The number of rotatable bonds is 6. The number of hydrogen-bond acceptors (Lipinski definition) is 3. The maximum Gasteiger partial charge on any atom is 0.0622 e. The number of aliphatic hydroxyl groups is 1. The number of nitriles is 1. The molecule has 0 rings (SSSR count). The summed E-state index contributed by atoms with van der Waals surface area (Å²) in [5.41, 5.74) is 0. The van der Waals surface area contributed by atoms with Gasteiger partial charge in [-0.3, -0.25) is 0 Å². The van der Waals surface area contributed by atoms with Crippen molar-refractivity contribution in [3.05, 3.63) is 0 Å². The van der Waals surface area contributed by atoms with E-state index < -0.39 is 0 Å². The summed E-state index contributed by atoms with van der Waals surface area (Å²) in [7, 11) is 0. The van der Waals surface area contributed by atoms with Gasteiger partial charge in [0.2, 0.25) is 0 Å². The van der Waals surface area contributed by atoms with E-state index in [1.54, 1.807) is 0 Å². The Bertz CT molecular complexity index is 120. The van der Waals surface area contributed by atoms with Crippen molar-refractivity contribution in [1.29, 1.82) is 5.26 Å². The zero-order valence-corrected chi connectivity index (χ0v) is 7.01. The average molecular weight is 156 g/mol. The highest BCUT2D eigenvalue weighted by Crippen LogP contribution is 1.90. The fraction of sp³-hybridized carbons (Fsp3) is 0.875. The number of aliphatic hydroxyl groups excluding tert-OH is 1. The number of nitrogens with zero attached hydrogens (tertiary/aromatic N) is 1. The first-order chi connectivity index (χ1) is 5.31. The molecule has 0 aliphatic rings. The molecule has 0 aromatic rings. The van der Waals surface area contributed by atoms with Gasteiger partial charge < -0.3 is 10.4 Å². The average Bonchev–Trinajstić information content (AvgIpc) is 1.99. The molecule has 0 bridgehead atoms. The fourth-order valence-corrected chi connectivity index (χ4v) is 0.812. The summed E-state index contributed by atoms with van der Waals surface area (Å²) in [4.78, 5) is 0. The normalized spacial score (nSPS) is 12.5. The Morgan fingerprint density at radius 1 is 1.64 bits per heavy atom. The first-order valence-electron chi connectivity index (χ1n) is 4.02. The SMILES string of the molecule is CC(CCO)NCCCC#N. The molecule has 0 saturated heterocycles. The molecule has 3 nitrogen and oxygen atoms in total. The molecule has 0 heterocycles. The second kappa shape index (κ2) is 7.52. The van der Waals surface area contributed by atoms with Gasteiger partial charge >= 0.3 is 0 Å². The van der Waals surface area contributed by atoms with Gasteiger partial charge in [0.25, 0.3) is 0 Å². The molecular weight excluding hydrogens is 140 g/mol. The summed E-state index contributed by atoms with van der Waals surface area (Å²) < 4.78 is 0. The lowest BCUT2D eigenvalue weighted by atomic mass is 10.2. The van der Waals surface area contributed by atoms with Crippen LogP contribution in [0.5, 0.6) is 0 Å². The van der Waals surface area contributed by atoms with E-state index >= 15 is 0 Å². The third-order valence-corrected chi connectivity index (χ3v) is 1.52. The van der Waals surface area contributed by atoms with Crippen LogP contribution in [-0.2, 0) is 0 Å². The maximum absolute atomic E-state index is 8.55. The lowest BCUT2D eigenvalue weighted by Crippen LogP contribution is -2.27. The monoisotopic (exact) mass is 156 g/mol. The lowest BCUT2D eigenvalue weighted by Gasteiger charge is -2.10. The van der Waals surface area contributed by atoms with Crippen molar-refractivity contribution in [2.45, 2.75) is 32.2 Å². The van der Waals surface area contributed by atoms with Crippen LogP contribution >= 0.6 is 0 Å². The Kier molecular flexibility index (Phi) is 7.11. The topological polar surface area (TPSA) is 56.0 Å². The van der Waals surface area contributed by atoms with Crippen LogP contribution < -0.4 is 5.32 Å². The van der Waals surface area contributed by atoms with E-state index in [2.05, 4.69) is 11.4 Å². The highest BCUT2D eigenvalue weighted by atomic mass is 16.3. The van der Waals surface area contributed by atoms with E-state index in [1.807, 2.05) is 6.92 Å². The minimum Gasteiger partial charge on any atom is -0.396 e. The highest BCUT2D eigenvalue weighted by Gasteiger charge is 1.97. The van der Waals surface area contributed by atoms with Crippen molar-refractivity contribution in [3.63, 3.8) is 0 Å². The second-order valence-corrected chi connectivity index (χ2v) is 2.63. The Morgan fingerprint density at radius 3 is 2.91 bits per heavy atom. The molecule has 2 N–H and O–H groups in total. The molecule has 0 amide bonds. The molecule has 64 valence electrons. The van der Waals surface area contributed by atoms with Crippen LogP contribution in [0.4, 0.5) is 0 Å². The summed E-state index contributed by atoms with van der Waals surface area (Å²) in [6, 6.07) is 2.44. The van der Waals surface area contributed by atoms with Crippen molar-refractivity contribution in [2.75, 3.05) is 13.2 Å². The van der Waals surface area contributed by atoms with Gasteiger partial charge in [-0.05, 0) is 26.3 Å². The molecule has 0 saturated carbocycles. The quantitative estimate of drug-likeness (QED) is 0.555. The Labute approximate surface area is 68.0 Å². The van der Waals surface area contributed by atoms with E-state index in [9.17, 15) is 0 Å². The van der Waals surface area contributed by atoms with Crippen molar-refractivity contribution in [1.82, 2.24) is 5.32 Å². The molecule has 1 unspecified atom stereocenters. The van der Waals surface area contributed by atoms with E-state index in [0.29, 0.717) is 12.5 Å². The number of hydrogen-bond donors (Lipinski definition) is 2. The summed E-state index contributed by atoms with van der Waals surface area (Å²) in [5, 5.41) is 20.0. The van der Waals surface area contributed by atoms with Gasteiger partial charge in [-0.2, -0.15) is 5.26 Å². The smallest absolute Gasteiger partial charge is 0.0622 e. The van der Waals surface area contributed by atoms with Crippen LogP contribution in [0.15, 0.2) is 0 Å². The van der Waals surface area contributed by atoms with Gasteiger partial charge in [0.15, 0.2) is 0 Å². The Balaban J connectivity index is 3.05. The minimum atomic E-state index is 0.229.